The molecule has 1 heterocycles. The summed E-state index contributed by atoms with van der Waals surface area (Å²) >= 11 is 1.81. The molecule has 0 unspecified atom stereocenters. The van der Waals surface area contributed by atoms with Crippen molar-refractivity contribution >= 4 is 38.5 Å². The summed E-state index contributed by atoms with van der Waals surface area (Å²) in [6.07, 6.45) is 0. The van der Waals surface area contributed by atoms with Crippen LogP contribution in [0.25, 0.3) is 43.5 Å². The van der Waals surface area contributed by atoms with E-state index in [0.29, 0.717) is 0 Å². The molecule has 0 fully saturated rings. The van der Waals surface area contributed by atoms with Gasteiger partial charge in [-0.05, 0) is 119 Å². The average Bonchev–Trinajstić information content (AvgIpc) is 4.09. The SMILES string of the molecule is c1ccc(C2(c3ccccc3)c3ccccc3-c3ccc(N(c4ccc(-c5cccc6ccsc56)cc4)c4cccc5c4-c4ccccc4C5(c4ccccc4)c4ccccc4)cc32)cc1. The molecular weight excluding hydrogens is 815 g/mol. The number of nitrogens with zero attached hydrogens (tertiary/aromatic N) is 1. The van der Waals surface area contributed by atoms with Gasteiger partial charge in [0.2, 0.25) is 0 Å². The van der Waals surface area contributed by atoms with Gasteiger partial charge in [-0.2, -0.15) is 0 Å². The molecule has 2 aliphatic rings. The number of thiophene rings is 1. The third-order valence-corrected chi connectivity index (χ3v) is 15.3. The molecule has 0 radical (unpaired) electrons. The van der Waals surface area contributed by atoms with E-state index < -0.39 is 10.8 Å². The van der Waals surface area contributed by atoms with E-state index in [-0.39, 0.29) is 0 Å². The van der Waals surface area contributed by atoms with Crippen molar-refractivity contribution in [1.29, 1.82) is 0 Å². The van der Waals surface area contributed by atoms with E-state index in [9.17, 15) is 0 Å². The van der Waals surface area contributed by atoms with Crippen LogP contribution in [-0.4, -0.2) is 0 Å². The molecule has 2 aliphatic carbocycles. The van der Waals surface area contributed by atoms with Crippen LogP contribution in [0.2, 0.25) is 0 Å². The second-order valence-corrected chi connectivity index (χ2v) is 18.4. The molecule has 0 saturated carbocycles. The molecule has 0 bridgehead atoms. The quantitative estimate of drug-likeness (QED) is 0.147. The highest BCUT2D eigenvalue weighted by atomic mass is 32.1. The molecule has 1 nitrogen and oxygen atoms in total. The van der Waals surface area contributed by atoms with E-state index in [1.54, 1.807) is 0 Å². The van der Waals surface area contributed by atoms with Gasteiger partial charge in [-0.25, -0.2) is 0 Å². The van der Waals surface area contributed by atoms with E-state index in [2.05, 4.69) is 265 Å². The molecule has 0 aliphatic heterocycles. The Labute approximate surface area is 390 Å². The van der Waals surface area contributed by atoms with Gasteiger partial charge < -0.3 is 4.90 Å². The van der Waals surface area contributed by atoms with Crippen molar-refractivity contribution in [3.05, 3.63) is 305 Å². The highest BCUT2D eigenvalue weighted by Crippen LogP contribution is 2.61. The minimum atomic E-state index is -0.541. The molecule has 310 valence electrons. The van der Waals surface area contributed by atoms with Crippen LogP contribution in [0, 0.1) is 0 Å². The molecule has 2 heteroatoms. The van der Waals surface area contributed by atoms with Crippen LogP contribution in [0.4, 0.5) is 17.1 Å². The molecule has 10 aromatic carbocycles. The Hall–Kier alpha value is -8.04. The van der Waals surface area contributed by atoms with Gasteiger partial charge in [-0.3, -0.25) is 0 Å². The van der Waals surface area contributed by atoms with Crippen molar-refractivity contribution in [2.24, 2.45) is 0 Å². The fourth-order valence-corrected chi connectivity index (χ4v) is 12.6. The summed E-state index contributed by atoms with van der Waals surface area (Å²) in [7, 11) is 0. The second-order valence-electron chi connectivity index (χ2n) is 17.5. The highest BCUT2D eigenvalue weighted by Gasteiger charge is 2.49. The number of rotatable bonds is 8. The fourth-order valence-electron chi connectivity index (χ4n) is 11.7. The Morgan fingerprint density at radius 3 is 1.41 bits per heavy atom. The topological polar surface area (TPSA) is 3.24 Å². The minimum Gasteiger partial charge on any atom is -0.310 e. The Balaban J connectivity index is 1.10. The molecule has 66 heavy (non-hydrogen) atoms. The van der Waals surface area contributed by atoms with Crippen molar-refractivity contribution < 1.29 is 0 Å². The Morgan fingerprint density at radius 2 is 0.788 bits per heavy atom. The second kappa shape index (κ2) is 15.3. The molecule has 0 saturated heterocycles. The van der Waals surface area contributed by atoms with Crippen LogP contribution in [0.3, 0.4) is 0 Å². The predicted molar refractivity (Wildman–Crippen MR) is 277 cm³/mol. The van der Waals surface area contributed by atoms with Gasteiger partial charge in [-0.1, -0.05) is 218 Å². The standard InChI is InChI=1S/C64H43NS/c1-5-20-46(21-6-1)63(47-22-7-2-8-23-47)57-32-16-14-29-55(57)61-58(63)33-18-34-60(61)65(50-37-35-44(36-38-50)52-30-17-19-45-41-42-66-62(45)52)51-39-40-54-53-28-13-15-31-56(53)64(59(54)43-51,48-24-9-3-10-25-48)49-26-11-4-12-27-49/h1-43H. The highest BCUT2D eigenvalue weighted by molar-refractivity contribution is 7.17. The first kappa shape index (κ1) is 38.4. The number of hydrogen-bond acceptors (Lipinski definition) is 2. The first-order valence-electron chi connectivity index (χ1n) is 22.8. The number of hydrogen-bond donors (Lipinski definition) is 0. The zero-order chi connectivity index (χ0) is 43.7. The van der Waals surface area contributed by atoms with Crippen molar-refractivity contribution in [3.63, 3.8) is 0 Å². The van der Waals surface area contributed by atoms with E-state index in [1.165, 1.54) is 88.0 Å². The van der Waals surface area contributed by atoms with Crippen LogP contribution in [0.15, 0.2) is 260 Å². The zero-order valence-corrected chi connectivity index (χ0v) is 37.0. The maximum atomic E-state index is 2.53. The van der Waals surface area contributed by atoms with Crippen LogP contribution >= 0.6 is 11.3 Å². The van der Waals surface area contributed by atoms with Crippen LogP contribution in [0.1, 0.15) is 44.5 Å². The molecule has 13 rings (SSSR count). The number of anilines is 3. The Bertz CT molecular complexity index is 3490. The summed E-state index contributed by atoms with van der Waals surface area (Å²) in [4.78, 5) is 2.53. The monoisotopic (exact) mass is 857 g/mol. The summed E-state index contributed by atoms with van der Waals surface area (Å²) in [6, 6.07) is 94.9. The summed E-state index contributed by atoms with van der Waals surface area (Å²) < 4.78 is 1.31. The van der Waals surface area contributed by atoms with Gasteiger partial charge >= 0.3 is 0 Å². The molecule has 0 N–H and O–H groups in total. The van der Waals surface area contributed by atoms with E-state index in [4.69, 9.17) is 0 Å². The summed E-state index contributed by atoms with van der Waals surface area (Å²) in [5, 5.41) is 3.47. The van der Waals surface area contributed by atoms with Gasteiger partial charge in [0.25, 0.3) is 0 Å². The first-order valence-corrected chi connectivity index (χ1v) is 23.7. The van der Waals surface area contributed by atoms with Crippen molar-refractivity contribution in [2.45, 2.75) is 10.8 Å². The third-order valence-electron chi connectivity index (χ3n) is 14.3. The third kappa shape index (κ3) is 5.52. The molecule has 11 aromatic rings. The number of benzene rings is 10. The fraction of sp³-hybridized carbons (Fsp3) is 0.0312. The minimum absolute atomic E-state index is 0.533. The van der Waals surface area contributed by atoms with Crippen LogP contribution in [-0.2, 0) is 10.8 Å². The Morgan fingerprint density at radius 1 is 0.318 bits per heavy atom. The molecule has 0 spiro atoms. The smallest absolute Gasteiger partial charge is 0.0714 e. The van der Waals surface area contributed by atoms with Crippen molar-refractivity contribution in [3.8, 4) is 33.4 Å². The van der Waals surface area contributed by atoms with Gasteiger partial charge in [0.05, 0.1) is 16.5 Å². The first-order chi connectivity index (χ1) is 32.8. The molecule has 1 aromatic heterocycles. The van der Waals surface area contributed by atoms with Gasteiger partial charge in [-0.15, -0.1) is 11.3 Å². The van der Waals surface area contributed by atoms with Crippen molar-refractivity contribution in [1.82, 2.24) is 0 Å². The lowest BCUT2D eigenvalue weighted by Crippen LogP contribution is -2.29. The normalized spacial score (nSPS) is 13.7. The lowest BCUT2D eigenvalue weighted by molar-refractivity contribution is 0.768. The number of fused-ring (bicyclic) bond motifs is 7. The lowest BCUT2D eigenvalue weighted by Gasteiger charge is -2.35. The average molecular weight is 858 g/mol. The van der Waals surface area contributed by atoms with Crippen LogP contribution < -0.4 is 4.90 Å². The zero-order valence-electron chi connectivity index (χ0n) is 36.2. The Kier molecular flexibility index (Phi) is 8.91. The molecular formula is C64H43NS. The van der Waals surface area contributed by atoms with Gasteiger partial charge in [0.15, 0.2) is 0 Å². The maximum absolute atomic E-state index is 2.53. The van der Waals surface area contributed by atoms with Gasteiger partial charge in [0, 0.05) is 21.6 Å². The van der Waals surface area contributed by atoms with Crippen molar-refractivity contribution in [2.75, 3.05) is 4.90 Å². The maximum Gasteiger partial charge on any atom is 0.0714 e. The lowest BCUT2D eigenvalue weighted by atomic mass is 9.67. The molecule has 0 atom stereocenters. The largest absolute Gasteiger partial charge is 0.310 e. The summed E-state index contributed by atoms with van der Waals surface area (Å²) in [5.41, 5.74) is 19.9. The van der Waals surface area contributed by atoms with E-state index >= 15 is 0 Å². The summed E-state index contributed by atoms with van der Waals surface area (Å²) in [5.74, 6) is 0. The predicted octanol–water partition coefficient (Wildman–Crippen LogP) is 16.8. The van der Waals surface area contributed by atoms with E-state index in [1.807, 2.05) is 11.3 Å². The van der Waals surface area contributed by atoms with Crippen LogP contribution in [0.5, 0.6) is 0 Å². The molecule has 0 amide bonds. The summed E-state index contributed by atoms with van der Waals surface area (Å²) in [6.45, 7) is 0. The van der Waals surface area contributed by atoms with Gasteiger partial charge in [0.1, 0.15) is 0 Å². The van der Waals surface area contributed by atoms with E-state index in [0.717, 1.165) is 17.1 Å².